The van der Waals surface area contributed by atoms with Crippen molar-refractivity contribution in [1.29, 1.82) is 5.26 Å². The van der Waals surface area contributed by atoms with Gasteiger partial charge in [0.1, 0.15) is 23.4 Å². The van der Waals surface area contributed by atoms with Crippen LogP contribution in [-0.4, -0.2) is 16.6 Å². The summed E-state index contributed by atoms with van der Waals surface area (Å²) in [5, 5.41) is 14.3. The second-order valence-corrected chi connectivity index (χ2v) is 8.84. The van der Waals surface area contributed by atoms with Gasteiger partial charge in [-0.25, -0.2) is 0 Å². The third kappa shape index (κ3) is 3.96. The first-order valence-electron chi connectivity index (χ1n) is 10.1. The fourth-order valence-corrected chi connectivity index (χ4v) is 5.09. The van der Waals surface area contributed by atoms with Crippen molar-refractivity contribution >= 4 is 33.0 Å². The first kappa shape index (κ1) is 20.2. The summed E-state index contributed by atoms with van der Waals surface area (Å²) in [4.78, 5) is 26.6. The summed E-state index contributed by atoms with van der Waals surface area (Å²) in [6.45, 7) is 3.79. The molecule has 2 aromatic heterocycles. The number of nitrogens with one attached hydrogen (secondary N) is 1. The van der Waals surface area contributed by atoms with Gasteiger partial charge in [-0.3, -0.25) is 9.59 Å². The lowest BCUT2D eigenvalue weighted by Gasteiger charge is -2.11. The number of aromatic nitrogens is 1. The average Bonchev–Trinajstić information content (AvgIpc) is 3.06. The smallest absolute Gasteiger partial charge is 0.258 e. The fourth-order valence-electron chi connectivity index (χ4n) is 3.83. The van der Waals surface area contributed by atoms with E-state index in [4.69, 9.17) is 4.74 Å². The third-order valence-corrected chi connectivity index (χ3v) is 6.38. The summed E-state index contributed by atoms with van der Waals surface area (Å²) in [6.07, 6.45) is 5.69. The molecule has 0 unspecified atom stereocenters. The minimum Gasteiger partial charge on any atom is -0.491 e. The van der Waals surface area contributed by atoms with E-state index in [9.17, 15) is 14.9 Å². The second kappa shape index (κ2) is 8.33. The van der Waals surface area contributed by atoms with Crippen LogP contribution in [0, 0.1) is 11.3 Å². The zero-order valence-corrected chi connectivity index (χ0v) is 17.8. The number of ether oxygens (including phenoxy) is 1. The Labute approximate surface area is 178 Å². The van der Waals surface area contributed by atoms with Gasteiger partial charge >= 0.3 is 0 Å². The van der Waals surface area contributed by atoms with Crippen LogP contribution in [0.4, 0.5) is 5.00 Å². The summed E-state index contributed by atoms with van der Waals surface area (Å²) >= 11 is 1.48. The molecule has 0 saturated heterocycles. The van der Waals surface area contributed by atoms with Gasteiger partial charge in [0.15, 0.2) is 0 Å². The number of rotatable bonds is 5. The number of thiophene rings is 1. The number of carbonyl (C=O) groups excluding carboxylic acids is 1. The van der Waals surface area contributed by atoms with Gasteiger partial charge in [-0.05, 0) is 74.7 Å². The van der Waals surface area contributed by atoms with Gasteiger partial charge < -0.3 is 14.6 Å². The number of nitrogens with zero attached hydrogens (tertiary/aromatic N) is 2. The maximum atomic E-state index is 12.8. The van der Waals surface area contributed by atoms with Crippen LogP contribution in [-0.2, 0) is 24.2 Å². The van der Waals surface area contributed by atoms with Gasteiger partial charge in [0, 0.05) is 16.5 Å². The van der Waals surface area contributed by atoms with Gasteiger partial charge in [0.2, 0.25) is 5.91 Å². The Hall–Kier alpha value is -3.11. The Morgan fingerprint density at radius 3 is 2.87 bits per heavy atom. The second-order valence-electron chi connectivity index (χ2n) is 7.74. The van der Waals surface area contributed by atoms with Gasteiger partial charge in [0.05, 0.1) is 11.7 Å². The Balaban J connectivity index is 1.55. The minimum absolute atomic E-state index is 0.0488. The van der Waals surface area contributed by atoms with Crippen molar-refractivity contribution in [2.75, 3.05) is 5.32 Å². The molecule has 0 bridgehead atoms. The molecule has 0 radical (unpaired) electrons. The van der Waals surface area contributed by atoms with E-state index < -0.39 is 0 Å². The lowest BCUT2D eigenvalue weighted by Crippen LogP contribution is -2.27. The molecular formula is C23H23N3O3S. The summed E-state index contributed by atoms with van der Waals surface area (Å²) in [6, 6.07) is 9.37. The van der Waals surface area contributed by atoms with Crippen LogP contribution in [0.3, 0.4) is 0 Å². The Morgan fingerprint density at radius 2 is 2.10 bits per heavy atom. The van der Waals surface area contributed by atoms with Gasteiger partial charge in [-0.15, -0.1) is 11.3 Å². The molecule has 4 rings (SSSR count). The number of fused-ring (bicyclic) bond motifs is 2. The summed E-state index contributed by atoms with van der Waals surface area (Å²) in [7, 11) is 0. The lowest BCUT2D eigenvalue weighted by molar-refractivity contribution is -0.116. The molecule has 1 aliphatic carbocycles. The van der Waals surface area contributed by atoms with Crippen molar-refractivity contribution in [2.24, 2.45) is 0 Å². The molecule has 2 heterocycles. The van der Waals surface area contributed by atoms with Crippen molar-refractivity contribution in [1.82, 2.24) is 4.57 Å². The van der Waals surface area contributed by atoms with Gasteiger partial charge in [-0.1, -0.05) is 0 Å². The number of hydrogen-bond acceptors (Lipinski definition) is 5. The normalized spacial score (nSPS) is 13.1. The van der Waals surface area contributed by atoms with Crippen LogP contribution < -0.4 is 15.6 Å². The van der Waals surface area contributed by atoms with E-state index >= 15 is 0 Å². The van der Waals surface area contributed by atoms with E-state index in [0.29, 0.717) is 21.7 Å². The van der Waals surface area contributed by atoms with Crippen LogP contribution in [0.5, 0.6) is 5.75 Å². The Bertz CT molecular complexity index is 1220. The minimum atomic E-state index is -0.314. The molecule has 6 nitrogen and oxygen atoms in total. The quantitative estimate of drug-likeness (QED) is 0.668. The number of nitriles is 1. The van der Waals surface area contributed by atoms with Crippen LogP contribution in [0.1, 0.15) is 42.7 Å². The van der Waals surface area contributed by atoms with Crippen LogP contribution >= 0.6 is 11.3 Å². The zero-order valence-electron chi connectivity index (χ0n) is 17.0. The summed E-state index contributed by atoms with van der Waals surface area (Å²) in [5.74, 6) is 0.393. The van der Waals surface area contributed by atoms with E-state index in [-0.39, 0.29) is 24.1 Å². The fraction of sp³-hybridized carbons (Fsp3) is 0.348. The van der Waals surface area contributed by atoms with Crippen LogP contribution in [0.15, 0.2) is 35.3 Å². The molecule has 154 valence electrons. The van der Waals surface area contributed by atoms with Crippen molar-refractivity contribution in [3.8, 4) is 11.8 Å². The molecule has 0 spiro atoms. The Kier molecular flexibility index (Phi) is 5.60. The van der Waals surface area contributed by atoms with E-state index in [1.165, 1.54) is 20.8 Å². The lowest BCUT2D eigenvalue weighted by atomic mass is 9.96. The first-order valence-corrected chi connectivity index (χ1v) is 10.9. The number of carbonyl (C=O) groups is 1. The van der Waals surface area contributed by atoms with E-state index in [1.807, 2.05) is 26.0 Å². The molecule has 0 aliphatic heterocycles. The molecule has 1 aliphatic rings. The number of amides is 1. The molecule has 3 aromatic rings. The molecular weight excluding hydrogens is 398 g/mol. The average molecular weight is 422 g/mol. The summed E-state index contributed by atoms with van der Waals surface area (Å²) < 4.78 is 7.07. The van der Waals surface area contributed by atoms with E-state index in [2.05, 4.69) is 11.4 Å². The standard InChI is InChI=1S/C23H23N3O3S/c1-14(2)29-16-7-8-17-15(11-16)9-10-26(23(17)28)13-21(27)25-22-19(12-24)18-5-3-4-6-20(18)30-22/h7-11,14H,3-6,13H2,1-2H3,(H,25,27). The van der Waals surface area contributed by atoms with Gasteiger partial charge in [0.25, 0.3) is 5.56 Å². The number of anilines is 1. The molecule has 1 aromatic carbocycles. The topological polar surface area (TPSA) is 84.1 Å². The number of benzene rings is 1. The third-order valence-electron chi connectivity index (χ3n) is 5.17. The number of pyridine rings is 1. The summed E-state index contributed by atoms with van der Waals surface area (Å²) in [5.41, 5.74) is 1.42. The SMILES string of the molecule is CC(C)Oc1ccc2c(=O)n(CC(=O)Nc3sc4c(c3C#N)CCCC4)ccc2c1. The molecule has 7 heteroatoms. The largest absolute Gasteiger partial charge is 0.491 e. The zero-order chi connectivity index (χ0) is 21.3. The van der Waals surface area contributed by atoms with E-state index in [1.54, 1.807) is 18.3 Å². The first-order chi connectivity index (χ1) is 14.5. The molecule has 0 atom stereocenters. The highest BCUT2D eigenvalue weighted by molar-refractivity contribution is 7.16. The highest BCUT2D eigenvalue weighted by Gasteiger charge is 2.22. The molecule has 1 amide bonds. The number of aryl methyl sites for hydroxylation is 1. The molecule has 0 fully saturated rings. The number of hydrogen-bond donors (Lipinski definition) is 1. The monoisotopic (exact) mass is 421 g/mol. The Morgan fingerprint density at radius 1 is 1.30 bits per heavy atom. The highest BCUT2D eigenvalue weighted by Crippen LogP contribution is 2.37. The predicted molar refractivity (Wildman–Crippen MR) is 118 cm³/mol. The van der Waals surface area contributed by atoms with Crippen LogP contribution in [0.25, 0.3) is 10.8 Å². The van der Waals surface area contributed by atoms with Crippen molar-refractivity contribution in [3.05, 3.63) is 56.8 Å². The van der Waals surface area contributed by atoms with Crippen molar-refractivity contribution < 1.29 is 9.53 Å². The van der Waals surface area contributed by atoms with Crippen molar-refractivity contribution in [3.63, 3.8) is 0 Å². The predicted octanol–water partition coefficient (Wildman–Crippen LogP) is 4.24. The maximum absolute atomic E-state index is 12.8. The van der Waals surface area contributed by atoms with E-state index in [0.717, 1.165) is 36.6 Å². The molecule has 1 N–H and O–H groups in total. The highest BCUT2D eigenvalue weighted by atomic mass is 32.1. The van der Waals surface area contributed by atoms with Crippen LogP contribution in [0.2, 0.25) is 0 Å². The maximum Gasteiger partial charge on any atom is 0.258 e. The molecule has 0 saturated carbocycles. The van der Waals surface area contributed by atoms with Crippen molar-refractivity contribution in [2.45, 2.75) is 52.2 Å². The van der Waals surface area contributed by atoms with Gasteiger partial charge in [-0.2, -0.15) is 5.26 Å². The molecule has 30 heavy (non-hydrogen) atoms.